The lowest BCUT2D eigenvalue weighted by atomic mass is 9.61. The van der Waals surface area contributed by atoms with Gasteiger partial charge in [-0.05, 0) is 77.3 Å². The van der Waals surface area contributed by atoms with Gasteiger partial charge in [-0.2, -0.15) is 0 Å². The minimum atomic E-state index is 0.132. The number of unbranched alkanes of at least 4 members (excludes halogenated alkanes) is 2. The first-order valence-corrected chi connectivity index (χ1v) is 13.6. The fourth-order valence-corrected chi connectivity index (χ4v) is 6.76. The van der Waals surface area contributed by atoms with E-state index in [1.165, 1.54) is 49.7 Å². The highest BCUT2D eigenvalue weighted by atomic mass is 14.5. The van der Waals surface area contributed by atoms with E-state index in [1.807, 2.05) is 0 Å². The van der Waals surface area contributed by atoms with Gasteiger partial charge in [-0.15, -0.1) is 0 Å². The molecule has 2 aromatic carbocycles. The molecular formula is C33H44. The first-order valence-electron chi connectivity index (χ1n) is 13.6. The van der Waals surface area contributed by atoms with Gasteiger partial charge in [-0.25, -0.2) is 0 Å². The molecule has 0 saturated carbocycles. The molecule has 0 bridgehead atoms. The van der Waals surface area contributed by atoms with Gasteiger partial charge in [-0.3, -0.25) is 0 Å². The molecule has 0 heterocycles. The minimum Gasteiger partial charge on any atom is -0.0654 e. The Morgan fingerprint density at radius 3 is 1.42 bits per heavy atom. The second kappa shape index (κ2) is 10.0. The number of fused-ring (bicyclic) bond motifs is 2. The molecular weight excluding hydrogens is 396 g/mol. The third-order valence-corrected chi connectivity index (χ3v) is 8.39. The van der Waals surface area contributed by atoms with E-state index < -0.39 is 0 Å². The van der Waals surface area contributed by atoms with E-state index in [0.29, 0.717) is 11.8 Å². The summed E-state index contributed by atoms with van der Waals surface area (Å²) >= 11 is 0. The standard InChI is InChI=1S/C33H44/c1-7-11-15-25-17-13-19-27-29(25)21-23(9-3)31(27)33(5,6)32-24(10-4)22-30-26(16-12-8-2)18-14-20-28(30)32/h13-14,17-22,31-32H,7-12,15-16H2,1-6H3. The van der Waals surface area contributed by atoms with Gasteiger partial charge in [-0.1, -0.05) is 114 Å². The average Bonchev–Trinajstić information content (AvgIpc) is 3.40. The molecule has 176 valence electrons. The number of aryl methyl sites for hydroxylation is 2. The van der Waals surface area contributed by atoms with Gasteiger partial charge in [0.05, 0.1) is 0 Å². The molecule has 2 aliphatic rings. The Morgan fingerprint density at radius 1 is 0.636 bits per heavy atom. The second-order valence-electron chi connectivity index (χ2n) is 10.9. The largest absolute Gasteiger partial charge is 0.0654 e. The summed E-state index contributed by atoms with van der Waals surface area (Å²) in [5.74, 6) is 0.980. The van der Waals surface area contributed by atoms with Crippen molar-refractivity contribution in [2.24, 2.45) is 5.41 Å². The van der Waals surface area contributed by atoms with Crippen LogP contribution in [0.15, 0.2) is 47.5 Å². The molecule has 0 radical (unpaired) electrons. The Hall–Kier alpha value is -2.08. The van der Waals surface area contributed by atoms with Crippen LogP contribution in [0.1, 0.15) is 125 Å². The fraction of sp³-hybridized carbons (Fsp3) is 0.515. The highest BCUT2D eigenvalue weighted by molar-refractivity contribution is 5.73. The molecule has 0 fully saturated rings. The zero-order valence-corrected chi connectivity index (χ0v) is 21.9. The van der Waals surface area contributed by atoms with Crippen LogP contribution in [0.5, 0.6) is 0 Å². The molecule has 0 aliphatic heterocycles. The van der Waals surface area contributed by atoms with Gasteiger partial charge in [0, 0.05) is 11.8 Å². The van der Waals surface area contributed by atoms with E-state index in [4.69, 9.17) is 0 Å². The van der Waals surface area contributed by atoms with Crippen molar-refractivity contribution < 1.29 is 0 Å². The maximum Gasteiger partial charge on any atom is 0.0118 e. The van der Waals surface area contributed by atoms with E-state index in [1.54, 1.807) is 33.4 Å². The molecule has 33 heavy (non-hydrogen) atoms. The van der Waals surface area contributed by atoms with Gasteiger partial charge in [0.15, 0.2) is 0 Å². The van der Waals surface area contributed by atoms with E-state index in [0.717, 1.165) is 12.8 Å². The SMILES string of the molecule is CCCCc1cccc2c1C=C(CC)C2C(C)(C)C1C(CC)=Cc2c(CCCC)cccc21. The molecule has 4 rings (SSSR count). The van der Waals surface area contributed by atoms with Crippen LogP contribution in [0.25, 0.3) is 12.2 Å². The quantitative estimate of drug-likeness (QED) is 0.345. The third-order valence-electron chi connectivity index (χ3n) is 8.39. The maximum atomic E-state index is 2.57. The Morgan fingerprint density at radius 2 is 1.06 bits per heavy atom. The Bertz CT molecular complexity index is 962. The number of allylic oxidation sites excluding steroid dienone is 2. The van der Waals surface area contributed by atoms with Gasteiger partial charge >= 0.3 is 0 Å². The van der Waals surface area contributed by atoms with Crippen molar-refractivity contribution in [1.82, 2.24) is 0 Å². The van der Waals surface area contributed by atoms with E-state index in [9.17, 15) is 0 Å². The Balaban J connectivity index is 1.79. The molecule has 0 saturated heterocycles. The van der Waals surface area contributed by atoms with Crippen molar-refractivity contribution in [3.8, 4) is 0 Å². The first kappa shape index (κ1) is 24.1. The lowest BCUT2D eigenvalue weighted by Crippen LogP contribution is -2.30. The fourth-order valence-electron chi connectivity index (χ4n) is 6.76. The predicted molar refractivity (Wildman–Crippen MR) is 146 cm³/mol. The summed E-state index contributed by atoms with van der Waals surface area (Å²) in [6.07, 6.45) is 14.9. The summed E-state index contributed by atoms with van der Waals surface area (Å²) in [7, 11) is 0. The van der Waals surface area contributed by atoms with Crippen molar-refractivity contribution in [2.75, 3.05) is 0 Å². The smallest absolute Gasteiger partial charge is 0.0118 e. The molecule has 2 aromatic rings. The zero-order chi connectivity index (χ0) is 23.6. The number of rotatable bonds is 10. The number of benzene rings is 2. The molecule has 2 unspecified atom stereocenters. The predicted octanol–water partition coefficient (Wildman–Crippen LogP) is 9.88. The summed E-state index contributed by atoms with van der Waals surface area (Å²) in [6, 6.07) is 14.2. The van der Waals surface area contributed by atoms with Crippen molar-refractivity contribution in [3.05, 3.63) is 80.9 Å². The Kier molecular flexibility index (Phi) is 7.32. The highest BCUT2D eigenvalue weighted by Crippen LogP contribution is 2.59. The van der Waals surface area contributed by atoms with Crippen molar-refractivity contribution in [2.45, 2.75) is 105 Å². The summed E-state index contributed by atoms with van der Waals surface area (Å²) in [5.41, 5.74) is 12.7. The third kappa shape index (κ3) is 4.27. The van der Waals surface area contributed by atoms with E-state index in [-0.39, 0.29) is 5.41 Å². The minimum absolute atomic E-state index is 0.132. The van der Waals surface area contributed by atoms with Crippen LogP contribution in [0, 0.1) is 5.41 Å². The van der Waals surface area contributed by atoms with Crippen LogP contribution >= 0.6 is 0 Å². The molecule has 0 nitrogen and oxygen atoms in total. The van der Waals surface area contributed by atoms with Gasteiger partial charge in [0.1, 0.15) is 0 Å². The van der Waals surface area contributed by atoms with Crippen LogP contribution in [-0.2, 0) is 12.8 Å². The average molecular weight is 441 g/mol. The van der Waals surface area contributed by atoms with Gasteiger partial charge in [0.25, 0.3) is 0 Å². The molecule has 2 atom stereocenters. The summed E-state index contributed by atoms with van der Waals surface area (Å²) < 4.78 is 0. The van der Waals surface area contributed by atoms with Crippen LogP contribution < -0.4 is 0 Å². The van der Waals surface area contributed by atoms with Crippen LogP contribution in [0.4, 0.5) is 0 Å². The van der Waals surface area contributed by atoms with Gasteiger partial charge in [0.2, 0.25) is 0 Å². The summed E-state index contributed by atoms with van der Waals surface area (Å²) in [4.78, 5) is 0. The molecule has 0 aromatic heterocycles. The van der Waals surface area contributed by atoms with Crippen LogP contribution in [-0.4, -0.2) is 0 Å². The summed E-state index contributed by atoms with van der Waals surface area (Å²) in [5, 5.41) is 0. The molecule has 0 heteroatoms. The molecule has 2 aliphatic carbocycles. The van der Waals surface area contributed by atoms with Crippen molar-refractivity contribution >= 4 is 12.2 Å². The maximum absolute atomic E-state index is 2.57. The monoisotopic (exact) mass is 440 g/mol. The van der Waals surface area contributed by atoms with Gasteiger partial charge < -0.3 is 0 Å². The summed E-state index contributed by atoms with van der Waals surface area (Å²) in [6.45, 7) is 14.4. The lowest BCUT2D eigenvalue weighted by molar-refractivity contribution is 0.269. The molecule has 0 spiro atoms. The van der Waals surface area contributed by atoms with E-state index in [2.05, 4.69) is 90.1 Å². The zero-order valence-electron chi connectivity index (χ0n) is 21.9. The van der Waals surface area contributed by atoms with Crippen LogP contribution in [0.2, 0.25) is 0 Å². The Labute approximate surface area is 203 Å². The number of hydrogen-bond acceptors (Lipinski definition) is 0. The topological polar surface area (TPSA) is 0 Å². The number of hydrogen-bond donors (Lipinski definition) is 0. The molecule has 0 N–H and O–H groups in total. The van der Waals surface area contributed by atoms with Crippen LogP contribution in [0.3, 0.4) is 0 Å². The first-order chi connectivity index (χ1) is 16.0. The molecule has 0 amide bonds. The van der Waals surface area contributed by atoms with Crippen molar-refractivity contribution in [3.63, 3.8) is 0 Å². The van der Waals surface area contributed by atoms with E-state index >= 15 is 0 Å². The normalized spacial score (nSPS) is 19.3. The lowest BCUT2D eigenvalue weighted by Gasteiger charge is -2.42. The highest BCUT2D eigenvalue weighted by Gasteiger charge is 2.46. The second-order valence-corrected chi connectivity index (χ2v) is 10.9. The van der Waals surface area contributed by atoms with Crippen molar-refractivity contribution in [1.29, 1.82) is 0 Å².